The van der Waals surface area contributed by atoms with Crippen LogP contribution in [0.5, 0.6) is 0 Å². The quantitative estimate of drug-likeness (QED) is 0.0197. The summed E-state index contributed by atoms with van der Waals surface area (Å²) in [6.45, 7) is 28.1. The van der Waals surface area contributed by atoms with E-state index in [0.29, 0.717) is 113 Å². The third-order valence-electron chi connectivity index (χ3n) is 16.8. The van der Waals surface area contributed by atoms with E-state index in [1.807, 2.05) is 69.2 Å². The van der Waals surface area contributed by atoms with Gasteiger partial charge in [-0.3, -0.25) is 9.79 Å². The molecule has 5 aliphatic rings. The van der Waals surface area contributed by atoms with Crippen molar-refractivity contribution in [1.82, 2.24) is 0 Å². The van der Waals surface area contributed by atoms with Crippen molar-refractivity contribution in [2.45, 2.75) is 272 Å². The van der Waals surface area contributed by atoms with E-state index in [9.17, 15) is 15.0 Å². The fraction of sp³-hybridized carbons (Fsp3) is 0.792. The van der Waals surface area contributed by atoms with Crippen LogP contribution in [-0.2, 0) is 66.4 Å². The number of ether oxygens (including phenoxy) is 13. The van der Waals surface area contributed by atoms with Crippen molar-refractivity contribution in [2.24, 2.45) is 20.0 Å². The molecule has 0 amide bonds. The molecular weight excluding hydrogens is 2740 g/mol. The number of hydrogen-bond donors (Lipinski definition) is 1. The summed E-state index contributed by atoms with van der Waals surface area (Å²) in [4.78, 5) is 29.6. The number of carbonyl (C=O) groups excluding carboxylic acids is 1. The molecule has 2 aliphatic carbocycles. The molecule has 0 aromatic heterocycles. The number of nitrogens with zero attached hydrogens (tertiary/aromatic N) is 4. The molecule has 1 N–H and O–H groups in total. The third kappa shape index (κ3) is 81.8. The van der Waals surface area contributed by atoms with Gasteiger partial charge in [0.05, 0.1) is 89.3 Å². The smallest absolute Gasteiger partial charge is 1.00 e. The number of rotatable bonds is 41. The van der Waals surface area contributed by atoms with Gasteiger partial charge in [0.2, 0.25) is 49.7 Å². The first-order chi connectivity index (χ1) is 59.5. The zero-order valence-electron chi connectivity index (χ0n) is 76.6. The van der Waals surface area contributed by atoms with E-state index in [1.165, 1.54) is 19.4 Å². The minimum absolute atomic E-state index is 0. The van der Waals surface area contributed by atoms with Crippen molar-refractivity contribution in [2.75, 3.05) is 97.8 Å². The zero-order valence-corrected chi connectivity index (χ0v) is 107. The Hall–Kier alpha value is 8.56. The molecule has 0 unspecified atom stereocenters. The average Bonchev–Trinajstić information content (AvgIpc) is 1.73. The van der Waals surface area contributed by atoms with E-state index >= 15 is 0 Å². The Kier molecular flexibility index (Phi) is 78.0. The fourth-order valence-corrected chi connectivity index (χ4v) is 13.2. The number of alkyl halides is 31. The van der Waals surface area contributed by atoms with E-state index < -0.39 is 75.1 Å². The van der Waals surface area contributed by atoms with Crippen LogP contribution in [0.4, 0.5) is 0 Å². The van der Waals surface area contributed by atoms with Crippen LogP contribution in [-0.4, -0.2) is 224 Å². The maximum atomic E-state index is 11.9. The Morgan fingerprint density at radius 2 is 0.689 bits per heavy atom. The molecule has 135 heavy (non-hydrogen) atoms. The van der Waals surface area contributed by atoms with Crippen molar-refractivity contribution in [3.63, 3.8) is 0 Å². The van der Waals surface area contributed by atoms with Gasteiger partial charge in [-0.1, -0.05) is 408 Å². The predicted octanol–water partition coefficient (Wildman–Crippen LogP) is 24.0. The van der Waals surface area contributed by atoms with Gasteiger partial charge in [-0.05, 0) is 190 Å². The maximum absolute atomic E-state index is 11.9. The number of hydrogen-bond acceptors (Lipinski definition) is 20. The predicted molar refractivity (Wildman–Crippen MR) is 579 cm³/mol. The minimum Gasteiger partial charge on any atom is -1.00 e. The third-order valence-corrected chi connectivity index (χ3v) is 20.9. The van der Waals surface area contributed by atoms with Crippen molar-refractivity contribution in [3.8, 4) is 0 Å². The number of Topliss-reactive ketones (excluding diaryl/α,β-unsaturated/α-hetero) is 1. The second-order valence-electron chi connectivity index (χ2n) is 31.8. The van der Waals surface area contributed by atoms with Crippen molar-refractivity contribution >= 4 is 444 Å². The van der Waals surface area contributed by atoms with E-state index in [4.69, 9.17) is 410 Å². The van der Waals surface area contributed by atoms with Crippen LogP contribution in [0.2, 0.25) is 0 Å². The van der Waals surface area contributed by atoms with E-state index in [0.717, 1.165) is 75.1 Å². The fourth-order valence-electron chi connectivity index (χ4n) is 11.0. The number of aliphatic imine (C=N–C) groups is 4. The SMILES string of the molecule is BrP(Br)Br.C/C(CBr)=C(\CCC(OCC(Cl)(Cl)Cl)OCC(Cl)(Cl)Cl)C1=NC(C)(C)CO1.C/C(CO)=C(\CCC(OCC(Cl)(Cl)Cl)OCC(Cl)(Cl)Cl)C1=NC(C)(C)CO1.CC1=C(CCC(OCC(Cl)(Cl)Cl)OCC(Cl)(Cl)Cl)C(=NC(C)(C)[O-])CC1.CC1=C(CCC(OCC(Cl)(Cl)Cl)OCC(Cl)(Cl)Cl)CCC1=O.[Br-].[CH2-]/C(C)=C(/CCC(OCC(Cl)(Cl)Cl)OCC(Cl)(Cl)Cl)C1=NC(C)(C)CO1.[H-].[Li+].[Li+]. The summed E-state index contributed by atoms with van der Waals surface area (Å²) in [6.07, 6.45) is 4.09. The van der Waals surface area contributed by atoms with Gasteiger partial charge < -0.3 is 95.2 Å². The summed E-state index contributed by atoms with van der Waals surface area (Å²) in [6, 6.07) is 0. The molecule has 0 bridgehead atoms. The Bertz CT molecular complexity index is 3610. The van der Waals surface area contributed by atoms with Gasteiger partial charge in [0.25, 0.3) is 0 Å². The second kappa shape index (κ2) is 70.3. The Morgan fingerprint density at radius 3 is 0.904 bits per heavy atom. The molecule has 0 radical (unpaired) electrons. The molecule has 0 fully saturated rings. The standard InChI is InChI=1S/C16H22BrCl6NO3.C16H23Cl6NO4.2C16H22Cl6NO3.C13H16Cl6O3.Br3P.BrH.2Li.H/c1-10(6-17)11(13-24-14(2,3)7-27-13)4-5-12(25-8-15(18,19)20)26-9-16(21,22)23;1-10(6-24)11(13-23-14(2,3)7-27-13)4-5-12(25-8-15(17,18)19)26-9-16(20,21)22;1-10(2)11(13-23-14(3,4)7-26-13)5-6-12(24-8-15(17,18)19)25-9-16(20,21)22;1-10-4-6-12(23-14(2,3)24)11(10)5-7-13(25-8-15(17,18)19)26-9-16(20,21)22;1-8-9(2-4-10(8)20)3-5-11(21-6-12(14,15)16)22-7-13(17,18)19;1-4(2)3;;;;/h12H,4-9H2,1-3H3;12,24H,4-9H2,1-3H3;12H,1,5-9H2,2-4H3;13H,4-9H2,1-3H3;11H,2-7H2,1H3;;1H;;;/q;;2*-1;;;;2*+1;-1/p-1/b2*11-10-;11-10+;;;;;;;. The van der Waals surface area contributed by atoms with Gasteiger partial charge in [0, 0.05) is 54.3 Å². The number of aliphatic hydroxyl groups is 1. The average molecular weight is 2850 g/mol. The summed E-state index contributed by atoms with van der Waals surface area (Å²) >= 11 is 185. The monoisotopic (exact) mass is 2830 g/mol. The van der Waals surface area contributed by atoms with Crippen LogP contribution in [0.3, 0.4) is 0 Å². The molecule has 20 nitrogen and oxygen atoms in total. The van der Waals surface area contributed by atoms with Crippen LogP contribution in [0.1, 0.15) is 181 Å². The molecule has 0 aromatic rings. The molecule has 3 aliphatic heterocycles. The number of allylic oxidation sites excluding steroid dienone is 6. The first kappa shape index (κ1) is 150. The maximum Gasteiger partial charge on any atom is 1.00 e. The van der Waals surface area contributed by atoms with Crippen LogP contribution < -0.4 is 59.8 Å². The number of carbonyl (C=O) groups is 1. The van der Waals surface area contributed by atoms with E-state index in [-0.39, 0.29) is 155 Å². The largest absolute Gasteiger partial charge is 1.00 e. The van der Waals surface area contributed by atoms with Gasteiger partial charge in [-0.25, -0.2) is 22.5 Å². The summed E-state index contributed by atoms with van der Waals surface area (Å²) in [7, 11) is 0. The molecule has 0 aromatic carbocycles. The van der Waals surface area contributed by atoms with Crippen LogP contribution in [0.15, 0.2) is 75.7 Å². The van der Waals surface area contributed by atoms with Gasteiger partial charge in [-0.2, -0.15) is 0 Å². The van der Waals surface area contributed by atoms with E-state index in [1.54, 1.807) is 6.92 Å². The Balaban J connectivity index is -0.000000517. The molecule has 5 rings (SSSR count). The Labute approximate surface area is 1010 Å². The molecule has 784 valence electrons. The summed E-state index contributed by atoms with van der Waals surface area (Å²) in [5.41, 5.74) is 7.98. The number of aliphatic hydroxyl groups excluding tert-OH is 1. The molecule has 58 heteroatoms. The minimum atomic E-state index is -1.61. The van der Waals surface area contributed by atoms with Gasteiger partial charge >= 0.3 is 37.7 Å². The van der Waals surface area contributed by atoms with Gasteiger partial charge in [-0.15, -0.1) is 5.57 Å². The van der Waals surface area contributed by atoms with Crippen molar-refractivity contribution in [1.29, 1.82) is 0 Å². The molecule has 0 saturated heterocycles. The topological polar surface area (TPSA) is 230 Å². The first-order valence-electron chi connectivity index (χ1n) is 39.1. The molecule has 3 heterocycles. The number of ketones is 1. The summed E-state index contributed by atoms with van der Waals surface area (Å²) in [5.74, 6) is 1.87. The Morgan fingerprint density at radius 1 is 0.444 bits per heavy atom. The molecular formula is C77H106Br5Cl30Li2N4O16P-2. The van der Waals surface area contributed by atoms with Crippen LogP contribution >= 0.6 is 414 Å². The number of halogens is 35. The summed E-state index contributed by atoms with van der Waals surface area (Å²) in [5, 5.41) is 22.2. The van der Waals surface area contributed by atoms with Gasteiger partial charge in [0.1, 0.15) is 29.7 Å². The van der Waals surface area contributed by atoms with Crippen molar-refractivity contribution in [3.05, 3.63) is 62.7 Å². The van der Waals surface area contributed by atoms with Crippen LogP contribution in [0, 0.1) is 6.92 Å². The molecule has 0 spiro atoms. The molecule has 0 saturated carbocycles. The summed E-state index contributed by atoms with van der Waals surface area (Å²) < 4.78 is 56.2. The second-order valence-corrected chi connectivity index (χ2v) is 72.9. The van der Waals surface area contributed by atoms with Crippen LogP contribution in [0.25, 0.3) is 0 Å². The van der Waals surface area contributed by atoms with Gasteiger partial charge in [0.15, 0.2) is 37.2 Å². The molecule has 0 atom stereocenters. The first-order valence-corrected chi connectivity index (χ1v) is 58.9. The van der Waals surface area contributed by atoms with Crippen molar-refractivity contribution < 1.29 is 133 Å². The normalized spacial score (nSPS) is 17.5. The van der Waals surface area contributed by atoms with E-state index in [2.05, 4.69) is 89.3 Å². The zero-order chi connectivity index (χ0) is 103.